The first-order valence-corrected chi connectivity index (χ1v) is 9.59. The summed E-state index contributed by atoms with van der Waals surface area (Å²) in [5.74, 6) is -0.197. The molecule has 0 saturated heterocycles. The van der Waals surface area contributed by atoms with Gasteiger partial charge in [-0.3, -0.25) is 9.59 Å². The van der Waals surface area contributed by atoms with Crippen molar-refractivity contribution in [2.45, 2.75) is 33.2 Å². The van der Waals surface area contributed by atoms with Gasteiger partial charge in [-0.1, -0.05) is 61.4 Å². The van der Waals surface area contributed by atoms with Gasteiger partial charge in [0.15, 0.2) is 0 Å². The molecule has 0 aliphatic rings. The van der Waals surface area contributed by atoms with Crippen molar-refractivity contribution in [2.24, 2.45) is 0 Å². The maximum Gasteiger partial charge on any atom is 0.278 e. The minimum Gasteiger partial charge on any atom is -0.307 e. The number of rotatable bonds is 7. The third kappa shape index (κ3) is 4.74. The molecular weight excluding hydrogens is 350 g/mol. The van der Waals surface area contributed by atoms with E-state index in [2.05, 4.69) is 12.0 Å². The number of aryl methyl sites for hydroxylation is 1. The molecule has 0 aliphatic carbocycles. The van der Waals surface area contributed by atoms with Gasteiger partial charge < -0.3 is 4.90 Å². The molecule has 0 unspecified atom stereocenters. The van der Waals surface area contributed by atoms with E-state index < -0.39 is 0 Å². The minimum absolute atomic E-state index is 0.197. The fraction of sp³-hybridized carbons (Fsp3) is 0.261. The van der Waals surface area contributed by atoms with Crippen LogP contribution in [0.15, 0.2) is 71.5 Å². The molecule has 1 heterocycles. The van der Waals surface area contributed by atoms with Crippen molar-refractivity contribution in [3.05, 3.63) is 93.9 Å². The maximum absolute atomic E-state index is 13.2. The molecule has 0 bridgehead atoms. The summed E-state index contributed by atoms with van der Waals surface area (Å²) < 4.78 is 1.35. The Hall–Kier alpha value is -3.21. The Morgan fingerprint density at radius 1 is 1.00 bits per heavy atom. The molecular formula is C23H25N3O2. The molecule has 0 N–H and O–H groups in total. The predicted molar refractivity (Wildman–Crippen MR) is 112 cm³/mol. The Kier molecular flexibility index (Phi) is 6.37. The van der Waals surface area contributed by atoms with E-state index in [1.807, 2.05) is 61.5 Å². The highest BCUT2D eigenvalue weighted by Gasteiger charge is 2.19. The number of hydrogen-bond donors (Lipinski definition) is 0. The molecule has 0 saturated carbocycles. The molecule has 5 heteroatoms. The van der Waals surface area contributed by atoms with E-state index in [0.29, 0.717) is 13.1 Å². The van der Waals surface area contributed by atoms with E-state index >= 15 is 0 Å². The lowest BCUT2D eigenvalue weighted by molar-refractivity contribution is 0.0979. The van der Waals surface area contributed by atoms with Gasteiger partial charge in [0.2, 0.25) is 0 Å². The van der Waals surface area contributed by atoms with E-state index in [9.17, 15) is 9.59 Å². The molecule has 0 fully saturated rings. The van der Waals surface area contributed by atoms with Crippen LogP contribution < -0.4 is 10.5 Å². The van der Waals surface area contributed by atoms with Crippen LogP contribution in [-0.2, 0) is 6.54 Å². The van der Waals surface area contributed by atoms with Gasteiger partial charge in [-0.25, -0.2) is 4.68 Å². The lowest BCUT2D eigenvalue weighted by Gasteiger charge is -2.22. The average molecular weight is 375 g/mol. The van der Waals surface area contributed by atoms with Crippen molar-refractivity contribution in [1.82, 2.24) is 9.78 Å². The highest BCUT2D eigenvalue weighted by Crippen LogP contribution is 2.17. The van der Waals surface area contributed by atoms with Gasteiger partial charge >= 0.3 is 0 Å². The average Bonchev–Trinajstić information content (AvgIpc) is 2.72. The normalized spacial score (nSPS) is 10.6. The number of aromatic nitrogens is 2. The van der Waals surface area contributed by atoms with Gasteiger partial charge in [0.1, 0.15) is 5.69 Å². The van der Waals surface area contributed by atoms with Gasteiger partial charge in [-0.2, -0.15) is 5.10 Å². The molecule has 3 aromatic rings. The zero-order chi connectivity index (χ0) is 19.9. The number of carbonyl (C=O) groups is 1. The Bertz CT molecular complexity index is 979. The highest BCUT2D eigenvalue weighted by atomic mass is 16.2. The van der Waals surface area contributed by atoms with Crippen LogP contribution in [0.5, 0.6) is 0 Å². The molecule has 1 aromatic heterocycles. The van der Waals surface area contributed by atoms with Crippen molar-refractivity contribution < 1.29 is 4.79 Å². The molecule has 5 nitrogen and oxygen atoms in total. The van der Waals surface area contributed by atoms with Gasteiger partial charge in [0.25, 0.3) is 11.5 Å². The van der Waals surface area contributed by atoms with Crippen molar-refractivity contribution in [3.8, 4) is 0 Å². The fourth-order valence-corrected chi connectivity index (χ4v) is 2.95. The second-order valence-electron chi connectivity index (χ2n) is 6.85. The largest absolute Gasteiger partial charge is 0.307 e. The van der Waals surface area contributed by atoms with E-state index in [4.69, 9.17) is 0 Å². The van der Waals surface area contributed by atoms with Crippen LogP contribution in [0.4, 0.5) is 5.69 Å². The summed E-state index contributed by atoms with van der Waals surface area (Å²) in [6.45, 7) is 5.05. The molecule has 0 radical (unpaired) electrons. The first-order valence-electron chi connectivity index (χ1n) is 9.59. The van der Waals surface area contributed by atoms with Crippen molar-refractivity contribution in [2.75, 3.05) is 11.4 Å². The van der Waals surface area contributed by atoms with Gasteiger partial charge in [-0.05, 0) is 37.1 Å². The molecule has 28 heavy (non-hydrogen) atoms. The number of benzene rings is 2. The van der Waals surface area contributed by atoms with Crippen LogP contribution >= 0.6 is 0 Å². The molecule has 2 aromatic carbocycles. The monoisotopic (exact) mass is 375 g/mol. The van der Waals surface area contributed by atoms with Crippen LogP contribution in [0.25, 0.3) is 0 Å². The second-order valence-corrected chi connectivity index (χ2v) is 6.85. The Morgan fingerprint density at radius 2 is 1.71 bits per heavy atom. The Balaban J connectivity index is 1.89. The molecule has 1 amide bonds. The van der Waals surface area contributed by atoms with Gasteiger partial charge in [0.05, 0.1) is 6.54 Å². The number of anilines is 1. The molecule has 3 rings (SSSR count). The molecule has 0 spiro atoms. The third-order valence-corrected chi connectivity index (χ3v) is 4.59. The summed E-state index contributed by atoms with van der Waals surface area (Å²) in [5, 5.41) is 4.36. The fourth-order valence-electron chi connectivity index (χ4n) is 2.95. The van der Waals surface area contributed by atoms with E-state index in [-0.39, 0.29) is 17.2 Å². The maximum atomic E-state index is 13.2. The van der Waals surface area contributed by atoms with Crippen molar-refractivity contribution in [3.63, 3.8) is 0 Å². The summed E-state index contributed by atoms with van der Waals surface area (Å²) >= 11 is 0. The summed E-state index contributed by atoms with van der Waals surface area (Å²) in [5.41, 5.74) is 3.00. The first kappa shape index (κ1) is 19.5. The van der Waals surface area contributed by atoms with Crippen LogP contribution in [0, 0.1) is 6.92 Å². The van der Waals surface area contributed by atoms with Gasteiger partial charge in [0, 0.05) is 18.3 Å². The quantitative estimate of drug-likeness (QED) is 0.626. The molecule has 0 atom stereocenters. The van der Waals surface area contributed by atoms with Crippen molar-refractivity contribution >= 4 is 11.6 Å². The second kappa shape index (κ2) is 9.13. The zero-order valence-corrected chi connectivity index (χ0v) is 16.3. The number of amides is 1. The number of para-hydroxylation sites is 1. The predicted octanol–water partition coefficient (Wildman–Crippen LogP) is 4.05. The SMILES string of the molecule is CCCCN(C(=O)c1ccc(=O)n(Cc2ccc(C)cc2)n1)c1ccccc1. The summed E-state index contributed by atoms with van der Waals surface area (Å²) in [4.78, 5) is 27.1. The lowest BCUT2D eigenvalue weighted by atomic mass is 10.1. The van der Waals surface area contributed by atoms with Crippen LogP contribution in [0.1, 0.15) is 41.4 Å². The van der Waals surface area contributed by atoms with Crippen LogP contribution in [-0.4, -0.2) is 22.2 Å². The van der Waals surface area contributed by atoms with E-state index in [1.54, 1.807) is 4.90 Å². The third-order valence-electron chi connectivity index (χ3n) is 4.59. The lowest BCUT2D eigenvalue weighted by Crippen LogP contribution is -2.34. The summed E-state index contributed by atoms with van der Waals surface area (Å²) in [7, 11) is 0. The topological polar surface area (TPSA) is 55.2 Å². The number of hydrogen-bond acceptors (Lipinski definition) is 3. The van der Waals surface area contributed by atoms with Crippen LogP contribution in [0.2, 0.25) is 0 Å². The van der Waals surface area contributed by atoms with Crippen molar-refractivity contribution in [1.29, 1.82) is 0 Å². The zero-order valence-electron chi connectivity index (χ0n) is 16.3. The smallest absolute Gasteiger partial charge is 0.278 e. The summed E-state index contributed by atoms with van der Waals surface area (Å²) in [6, 6.07) is 20.4. The molecule has 144 valence electrons. The number of nitrogens with zero attached hydrogens (tertiary/aromatic N) is 3. The Labute approximate surface area is 165 Å². The van der Waals surface area contributed by atoms with E-state index in [0.717, 1.165) is 29.7 Å². The van der Waals surface area contributed by atoms with Gasteiger partial charge in [-0.15, -0.1) is 0 Å². The minimum atomic E-state index is -0.225. The summed E-state index contributed by atoms with van der Waals surface area (Å²) in [6.07, 6.45) is 1.88. The number of carbonyl (C=O) groups excluding carboxylic acids is 1. The highest BCUT2D eigenvalue weighted by molar-refractivity contribution is 6.04. The van der Waals surface area contributed by atoms with Crippen LogP contribution in [0.3, 0.4) is 0 Å². The standard InChI is InChI=1S/C23H25N3O2/c1-3-4-16-25(20-8-6-5-7-9-20)23(28)21-14-15-22(27)26(24-21)17-19-12-10-18(2)11-13-19/h5-15H,3-4,16-17H2,1-2H3. The Morgan fingerprint density at radius 3 is 2.39 bits per heavy atom. The first-order chi connectivity index (χ1) is 13.6. The number of unbranched alkanes of at least 4 members (excludes halogenated alkanes) is 1. The molecule has 0 aliphatic heterocycles. The van der Waals surface area contributed by atoms with E-state index in [1.165, 1.54) is 16.8 Å².